The topological polar surface area (TPSA) is 73.8 Å². The van der Waals surface area contributed by atoms with Gasteiger partial charge in [-0.25, -0.2) is 0 Å². The van der Waals surface area contributed by atoms with E-state index in [0.717, 1.165) is 16.8 Å². The first kappa shape index (κ1) is 15.0. The molecule has 0 aliphatic carbocycles. The number of nitrogens with two attached hydrogens (primary N) is 1. The van der Waals surface area contributed by atoms with Gasteiger partial charge in [0.1, 0.15) is 0 Å². The third kappa shape index (κ3) is 3.29. The summed E-state index contributed by atoms with van der Waals surface area (Å²) >= 11 is 0. The Morgan fingerprint density at radius 2 is 1.74 bits per heavy atom. The first-order valence-corrected chi connectivity index (χ1v) is 7.51. The van der Waals surface area contributed by atoms with Crippen molar-refractivity contribution in [2.24, 2.45) is 0 Å². The molecule has 0 amide bonds. The van der Waals surface area contributed by atoms with Crippen molar-refractivity contribution < 1.29 is 4.79 Å². The predicted octanol–water partition coefficient (Wildman–Crippen LogP) is 2.97. The van der Waals surface area contributed by atoms with E-state index in [9.17, 15) is 4.79 Å². The predicted molar refractivity (Wildman–Crippen MR) is 89.6 cm³/mol. The Labute approximate surface area is 134 Å². The Morgan fingerprint density at radius 1 is 1.04 bits per heavy atom. The number of nitrogen functional groups attached to an aromatic ring is 1. The molecule has 0 saturated heterocycles. The van der Waals surface area contributed by atoms with Gasteiger partial charge in [-0.05, 0) is 30.5 Å². The molecule has 5 nitrogen and oxygen atoms in total. The number of aromatic nitrogens is 3. The Morgan fingerprint density at radius 3 is 2.48 bits per heavy atom. The van der Waals surface area contributed by atoms with E-state index in [4.69, 9.17) is 5.73 Å². The third-order valence-corrected chi connectivity index (χ3v) is 3.72. The van der Waals surface area contributed by atoms with Gasteiger partial charge in [-0.3, -0.25) is 4.79 Å². The number of anilines is 1. The fraction of sp³-hybridized carbons (Fsp3) is 0.167. The van der Waals surface area contributed by atoms with Crippen LogP contribution in [0.2, 0.25) is 0 Å². The number of nitrogens with zero attached hydrogens (tertiary/aromatic N) is 3. The van der Waals surface area contributed by atoms with Gasteiger partial charge in [-0.1, -0.05) is 48.5 Å². The lowest BCUT2D eigenvalue weighted by atomic mass is 10.1. The van der Waals surface area contributed by atoms with Crippen LogP contribution in [0.5, 0.6) is 0 Å². The molecule has 0 unspecified atom stereocenters. The van der Waals surface area contributed by atoms with Crippen molar-refractivity contribution in [1.82, 2.24) is 15.0 Å². The summed E-state index contributed by atoms with van der Waals surface area (Å²) in [5, 5.41) is 8.46. The maximum absolute atomic E-state index is 12.4. The smallest absolute Gasteiger partial charge is 0.187 e. The molecule has 2 aromatic carbocycles. The Hall–Kier alpha value is -2.95. The summed E-state index contributed by atoms with van der Waals surface area (Å²) in [6.45, 7) is 1.96. The highest BCUT2D eigenvalue weighted by atomic mass is 16.1. The van der Waals surface area contributed by atoms with Gasteiger partial charge in [0.2, 0.25) is 0 Å². The SMILES string of the molecule is Cc1ccccc1-n1nc(N)c(C(=O)CCc2ccccc2)n1. The number of carbonyl (C=O) groups is 1. The van der Waals surface area contributed by atoms with Crippen molar-refractivity contribution in [1.29, 1.82) is 0 Å². The normalized spacial score (nSPS) is 10.7. The molecule has 0 aliphatic rings. The van der Waals surface area contributed by atoms with Gasteiger partial charge >= 0.3 is 0 Å². The van der Waals surface area contributed by atoms with Crippen molar-refractivity contribution in [3.05, 3.63) is 71.4 Å². The summed E-state index contributed by atoms with van der Waals surface area (Å²) in [5.74, 6) is 0.0810. The van der Waals surface area contributed by atoms with Crippen LogP contribution >= 0.6 is 0 Å². The van der Waals surface area contributed by atoms with E-state index < -0.39 is 0 Å². The molecular weight excluding hydrogens is 288 g/mol. The van der Waals surface area contributed by atoms with Crippen LogP contribution in [0.3, 0.4) is 0 Å². The Bertz CT molecular complexity index is 824. The zero-order valence-electron chi connectivity index (χ0n) is 12.9. The van der Waals surface area contributed by atoms with Crippen LogP contribution in [0.1, 0.15) is 28.0 Å². The minimum absolute atomic E-state index is 0.0915. The monoisotopic (exact) mass is 306 g/mol. The summed E-state index contributed by atoms with van der Waals surface area (Å²) in [4.78, 5) is 13.8. The summed E-state index contributed by atoms with van der Waals surface area (Å²) < 4.78 is 0. The lowest BCUT2D eigenvalue weighted by molar-refractivity contribution is 0.0978. The average Bonchev–Trinajstić information content (AvgIpc) is 2.96. The maximum atomic E-state index is 12.4. The van der Waals surface area contributed by atoms with E-state index in [1.54, 1.807) is 0 Å². The fourth-order valence-corrected chi connectivity index (χ4v) is 2.43. The zero-order chi connectivity index (χ0) is 16.2. The number of rotatable bonds is 5. The van der Waals surface area contributed by atoms with Gasteiger partial charge in [-0.15, -0.1) is 15.0 Å². The molecule has 0 saturated carbocycles. The Balaban J connectivity index is 1.78. The number of hydrogen-bond donors (Lipinski definition) is 1. The zero-order valence-corrected chi connectivity index (χ0v) is 12.9. The lowest BCUT2D eigenvalue weighted by Gasteiger charge is -2.02. The van der Waals surface area contributed by atoms with Gasteiger partial charge < -0.3 is 5.73 Å². The van der Waals surface area contributed by atoms with Gasteiger partial charge in [0.05, 0.1) is 5.69 Å². The number of aryl methyl sites for hydroxylation is 2. The first-order valence-electron chi connectivity index (χ1n) is 7.51. The number of ketones is 1. The highest BCUT2D eigenvalue weighted by molar-refractivity contribution is 5.98. The second-order valence-electron chi connectivity index (χ2n) is 5.42. The van der Waals surface area contributed by atoms with Gasteiger partial charge in [0.25, 0.3) is 0 Å². The van der Waals surface area contributed by atoms with Gasteiger partial charge in [0, 0.05) is 6.42 Å². The van der Waals surface area contributed by atoms with Gasteiger partial charge in [0.15, 0.2) is 17.3 Å². The summed E-state index contributed by atoms with van der Waals surface area (Å²) in [6.07, 6.45) is 1.02. The number of benzene rings is 2. The summed E-state index contributed by atoms with van der Waals surface area (Å²) in [5.41, 5.74) is 9.08. The Kier molecular flexibility index (Phi) is 4.19. The average molecular weight is 306 g/mol. The molecule has 0 bridgehead atoms. The molecule has 0 aliphatic heterocycles. The van der Waals surface area contributed by atoms with E-state index >= 15 is 0 Å². The van der Waals surface area contributed by atoms with Crippen molar-refractivity contribution in [3.63, 3.8) is 0 Å². The molecule has 3 rings (SSSR count). The van der Waals surface area contributed by atoms with Crippen LogP contribution < -0.4 is 5.73 Å². The van der Waals surface area contributed by atoms with Crippen LogP contribution in [0.25, 0.3) is 5.69 Å². The van der Waals surface area contributed by atoms with E-state index in [2.05, 4.69) is 10.2 Å². The molecule has 1 aromatic heterocycles. The van der Waals surface area contributed by atoms with Crippen LogP contribution in [0.4, 0.5) is 5.82 Å². The molecule has 3 aromatic rings. The van der Waals surface area contributed by atoms with E-state index in [1.165, 1.54) is 4.80 Å². The van der Waals surface area contributed by atoms with Crippen molar-refractivity contribution >= 4 is 11.6 Å². The molecule has 0 radical (unpaired) electrons. The second-order valence-corrected chi connectivity index (χ2v) is 5.42. The summed E-state index contributed by atoms with van der Waals surface area (Å²) in [6, 6.07) is 17.6. The van der Waals surface area contributed by atoms with Crippen LogP contribution in [0, 0.1) is 6.92 Å². The van der Waals surface area contributed by atoms with Crippen molar-refractivity contribution in [3.8, 4) is 5.69 Å². The largest absolute Gasteiger partial charge is 0.380 e. The minimum atomic E-state index is -0.0915. The van der Waals surface area contributed by atoms with Crippen LogP contribution in [-0.2, 0) is 6.42 Å². The molecule has 0 spiro atoms. The van der Waals surface area contributed by atoms with E-state index in [-0.39, 0.29) is 17.3 Å². The number of hydrogen-bond acceptors (Lipinski definition) is 4. The molecule has 23 heavy (non-hydrogen) atoms. The minimum Gasteiger partial charge on any atom is -0.380 e. The molecule has 0 atom stereocenters. The second kappa shape index (κ2) is 6.44. The molecule has 5 heteroatoms. The number of carbonyl (C=O) groups excluding carboxylic acids is 1. The van der Waals surface area contributed by atoms with Crippen molar-refractivity contribution in [2.75, 3.05) is 5.73 Å². The van der Waals surface area contributed by atoms with Crippen molar-refractivity contribution in [2.45, 2.75) is 19.8 Å². The molecule has 1 heterocycles. The fourth-order valence-electron chi connectivity index (χ4n) is 2.43. The molecule has 2 N–H and O–H groups in total. The number of Topliss-reactive ketones (excluding diaryl/α,β-unsaturated/α-hetero) is 1. The molecular formula is C18H18N4O. The number of para-hydroxylation sites is 1. The highest BCUT2D eigenvalue weighted by Crippen LogP contribution is 2.16. The maximum Gasteiger partial charge on any atom is 0.187 e. The van der Waals surface area contributed by atoms with Gasteiger partial charge in [-0.2, -0.15) is 0 Å². The summed E-state index contributed by atoms with van der Waals surface area (Å²) in [7, 11) is 0. The third-order valence-electron chi connectivity index (χ3n) is 3.72. The van der Waals surface area contributed by atoms with Crippen LogP contribution in [0.15, 0.2) is 54.6 Å². The molecule has 116 valence electrons. The first-order chi connectivity index (χ1) is 11.1. The lowest BCUT2D eigenvalue weighted by Crippen LogP contribution is -2.06. The van der Waals surface area contributed by atoms with E-state index in [1.807, 2.05) is 61.5 Å². The van der Waals surface area contributed by atoms with Crippen LogP contribution in [-0.4, -0.2) is 20.8 Å². The molecule has 0 fully saturated rings. The van der Waals surface area contributed by atoms with E-state index in [0.29, 0.717) is 12.8 Å². The highest BCUT2D eigenvalue weighted by Gasteiger charge is 2.17. The quantitative estimate of drug-likeness (QED) is 0.735. The standard InChI is InChI=1S/C18H18N4O/c1-13-7-5-6-10-15(13)22-20-17(18(19)21-22)16(23)12-11-14-8-3-2-4-9-14/h2-10H,11-12H2,1H3,(H2,19,21).